The highest BCUT2D eigenvalue weighted by Crippen LogP contribution is 2.18. The molecule has 0 fully saturated rings. The molecule has 1 aromatic carbocycles. The zero-order valence-electron chi connectivity index (χ0n) is 15.2. The molecule has 140 valence electrons. The highest BCUT2D eigenvalue weighted by atomic mass is 16.5. The van der Waals surface area contributed by atoms with Crippen molar-refractivity contribution in [1.29, 1.82) is 0 Å². The van der Waals surface area contributed by atoms with E-state index in [0.717, 1.165) is 11.5 Å². The molecule has 0 bridgehead atoms. The molecule has 0 saturated heterocycles. The number of aromatic nitrogens is 1. The van der Waals surface area contributed by atoms with Crippen LogP contribution in [-0.4, -0.2) is 30.3 Å². The van der Waals surface area contributed by atoms with E-state index in [1.165, 1.54) is 6.07 Å². The van der Waals surface area contributed by atoms with Gasteiger partial charge in [-0.2, -0.15) is 0 Å². The summed E-state index contributed by atoms with van der Waals surface area (Å²) in [5, 5.41) is 0. The van der Waals surface area contributed by atoms with Crippen molar-refractivity contribution in [1.82, 2.24) is 4.57 Å². The Morgan fingerprint density at radius 3 is 2.42 bits per heavy atom. The third kappa shape index (κ3) is 4.78. The average Bonchev–Trinajstić information content (AvgIpc) is 2.64. The Labute approximate surface area is 152 Å². The number of hydrogen-bond donors (Lipinski definition) is 1. The molecular formula is C19H24N2O5. The van der Waals surface area contributed by atoms with E-state index in [0.29, 0.717) is 25.3 Å². The van der Waals surface area contributed by atoms with Crippen molar-refractivity contribution in [2.24, 2.45) is 5.73 Å². The lowest BCUT2D eigenvalue weighted by molar-refractivity contribution is -0.124. The fourth-order valence-corrected chi connectivity index (χ4v) is 2.46. The van der Waals surface area contributed by atoms with E-state index < -0.39 is 12.0 Å². The first kappa shape index (κ1) is 19.4. The zero-order chi connectivity index (χ0) is 19.1. The summed E-state index contributed by atoms with van der Waals surface area (Å²) in [5.74, 6) is 1.03. The number of rotatable bonds is 9. The van der Waals surface area contributed by atoms with Crippen LogP contribution in [0.2, 0.25) is 0 Å². The van der Waals surface area contributed by atoms with E-state index in [9.17, 15) is 9.59 Å². The lowest BCUT2D eigenvalue weighted by Crippen LogP contribution is -2.35. The normalized spacial score (nSPS) is 11.7. The minimum Gasteiger partial charge on any atom is -0.497 e. The van der Waals surface area contributed by atoms with Gasteiger partial charge in [-0.15, -0.1) is 0 Å². The number of primary amides is 1. The molecule has 1 unspecified atom stereocenters. The molecule has 1 amide bonds. The Bertz CT molecular complexity index is 799. The SMILES string of the molecule is CCC(Oc1c(C)n(CCOc2ccc(OC)cc2)ccc1=O)C(N)=O. The van der Waals surface area contributed by atoms with Crippen molar-refractivity contribution in [3.8, 4) is 17.2 Å². The Balaban J connectivity index is 2.06. The molecule has 2 aromatic rings. The molecule has 1 heterocycles. The van der Waals surface area contributed by atoms with Crippen LogP contribution >= 0.6 is 0 Å². The summed E-state index contributed by atoms with van der Waals surface area (Å²) in [4.78, 5) is 23.5. The quantitative estimate of drug-likeness (QED) is 0.737. The highest BCUT2D eigenvalue weighted by molar-refractivity contribution is 5.79. The van der Waals surface area contributed by atoms with E-state index in [-0.39, 0.29) is 11.2 Å². The standard InChI is InChI=1S/C19H24N2O5/c1-4-17(19(20)23)26-18-13(2)21(10-9-16(18)22)11-12-25-15-7-5-14(24-3)6-8-15/h5-10,17H,4,11-12H2,1-3H3,(H2,20,23). The number of hydrogen-bond acceptors (Lipinski definition) is 5. The topological polar surface area (TPSA) is 92.8 Å². The minimum atomic E-state index is -0.826. The van der Waals surface area contributed by atoms with Crippen LogP contribution < -0.4 is 25.4 Å². The number of benzene rings is 1. The molecule has 0 radical (unpaired) electrons. The summed E-state index contributed by atoms with van der Waals surface area (Å²) >= 11 is 0. The fourth-order valence-electron chi connectivity index (χ4n) is 2.46. The highest BCUT2D eigenvalue weighted by Gasteiger charge is 2.18. The van der Waals surface area contributed by atoms with Crippen LogP contribution in [0.3, 0.4) is 0 Å². The molecule has 7 nitrogen and oxygen atoms in total. The van der Waals surface area contributed by atoms with Crippen LogP contribution in [-0.2, 0) is 11.3 Å². The van der Waals surface area contributed by atoms with Gasteiger partial charge in [-0.25, -0.2) is 0 Å². The lowest BCUT2D eigenvalue weighted by Gasteiger charge is -2.18. The van der Waals surface area contributed by atoms with Gasteiger partial charge in [0, 0.05) is 12.3 Å². The predicted octanol–water partition coefficient (Wildman–Crippen LogP) is 1.89. The lowest BCUT2D eigenvalue weighted by atomic mass is 10.2. The summed E-state index contributed by atoms with van der Waals surface area (Å²) in [6.45, 7) is 4.46. The van der Waals surface area contributed by atoms with Gasteiger partial charge in [-0.1, -0.05) is 6.92 Å². The minimum absolute atomic E-state index is 0.141. The number of nitrogens with zero attached hydrogens (tertiary/aromatic N) is 1. The number of methoxy groups -OCH3 is 1. The molecule has 2 N–H and O–H groups in total. The Hall–Kier alpha value is -2.96. The average molecular weight is 360 g/mol. The molecule has 1 aromatic heterocycles. The second-order valence-corrected chi connectivity index (χ2v) is 5.73. The summed E-state index contributed by atoms with van der Waals surface area (Å²) in [5.41, 5.74) is 5.63. The second-order valence-electron chi connectivity index (χ2n) is 5.73. The molecule has 0 aliphatic rings. The maximum Gasteiger partial charge on any atom is 0.258 e. The molecule has 7 heteroatoms. The molecule has 0 saturated carbocycles. The van der Waals surface area contributed by atoms with Crippen LogP contribution in [0, 0.1) is 6.92 Å². The zero-order valence-corrected chi connectivity index (χ0v) is 15.2. The van der Waals surface area contributed by atoms with E-state index in [4.69, 9.17) is 19.9 Å². The Kier molecular flexibility index (Phi) is 6.66. The molecular weight excluding hydrogens is 336 g/mol. The van der Waals surface area contributed by atoms with Gasteiger partial charge in [-0.3, -0.25) is 9.59 Å². The van der Waals surface area contributed by atoms with Crippen LogP contribution in [0.5, 0.6) is 17.2 Å². The van der Waals surface area contributed by atoms with Crippen molar-refractivity contribution in [3.63, 3.8) is 0 Å². The van der Waals surface area contributed by atoms with E-state index >= 15 is 0 Å². The number of amides is 1. The molecule has 0 aliphatic carbocycles. The van der Waals surface area contributed by atoms with E-state index in [1.807, 2.05) is 28.8 Å². The molecule has 26 heavy (non-hydrogen) atoms. The third-order valence-electron chi connectivity index (χ3n) is 4.00. The fraction of sp³-hybridized carbons (Fsp3) is 0.368. The van der Waals surface area contributed by atoms with Crippen molar-refractivity contribution >= 4 is 5.91 Å². The predicted molar refractivity (Wildman–Crippen MR) is 97.8 cm³/mol. The third-order valence-corrected chi connectivity index (χ3v) is 4.00. The second kappa shape index (κ2) is 8.94. The Morgan fingerprint density at radius 1 is 1.19 bits per heavy atom. The summed E-state index contributed by atoms with van der Waals surface area (Å²) < 4.78 is 18.2. The van der Waals surface area contributed by atoms with E-state index in [2.05, 4.69) is 0 Å². The molecule has 0 aliphatic heterocycles. The molecule has 2 rings (SSSR count). The van der Waals surface area contributed by atoms with Gasteiger partial charge in [0.1, 0.15) is 18.1 Å². The number of carbonyl (C=O) groups excluding carboxylic acids is 1. The van der Waals surface area contributed by atoms with Crippen molar-refractivity contribution in [2.45, 2.75) is 32.9 Å². The van der Waals surface area contributed by atoms with Gasteiger partial charge >= 0.3 is 0 Å². The molecule has 1 atom stereocenters. The van der Waals surface area contributed by atoms with Crippen LogP contribution in [0.25, 0.3) is 0 Å². The van der Waals surface area contributed by atoms with Crippen molar-refractivity contribution in [2.75, 3.05) is 13.7 Å². The van der Waals surface area contributed by atoms with Gasteiger partial charge in [0.15, 0.2) is 11.9 Å². The monoisotopic (exact) mass is 360 g/mol. The smallest absolute Gasteiger partial charge is 0.258 e. The number of ether oxygens (including phenoxy) is 3. The number of nitrogens with two attached hydrogens (primary N) is 1. The van der Waals surface area contributed by atoms with Crippen LogP contribution in [0.1, 0.15) is 19.0 Å². The number of carbonyl (C=O) groups is 1. The van der Waals surface area contributed by atoms with E-state index in [1.54, 1.807) is 27.2 Å². The van der Waals surface area contributed by atoms with Crippen LogP contribution in [0.15, 0.2) is 41.3 Å². The van der Waals surface area contributed by atoms with Gasteiger partial charge in [0.2, 0.25) is 5.43 Å². The maximum atomic E-state index is 12.1. The first-order chi connectivity index (χ1) is 12.5. The maximum absolute atomic E-state index is 12.1. The van der Waals surface area contributed by atoms with Gasteiger partial charge < -0.3 is 24.5 Å². The first-order valence-corrected chi connectivity index (χ1v) is 8.39. The van der Waals surface area contributed by atoms with Gasteiger partial charge in [0.05, 0.1) is 19.3 Å². The van der Waals surface area contributed by atoms with Crippen LogP contribution in [0.4, 0.5) is 0 Å². The summed E-state index contributed by atoms with van der Waals surface area (Å²) in [6, 6.07) is 8.69. The number of pyridine rings is 1. The summed E-state index contributed by atoms with van der Waals surface area (Å²) in [6.07, 6.45) is 1.24. The van der Waals surface area contributed by atoms with Crippen molar-refractivity contribution < 1.29 is 19.0 Å². The summed E-state index contributed by atoms with van der Waals surface area (Å²) in [7, 11) is 1.61. The van der Waals surface area contributed by atoms with Gasteiger partial charge in [0.25, 0.3) is 5.91 Å². The van der Waals surface area contributed by atoms with Gasteiger partial charge in [-0.05, 0) is 37.6 Å². The largest absolute Gasteiger partial charge is 0.497 e. The first-order valence-electron chi connectivity index (χ1n) is 8.39. The Morgan fingerprint density at radius 2 is 1.85 bits per heavy atom. The molecule has 0 spiro atoms. The van der Waals surface area contributed by atoms with Crippen molar-refractivity contribution in [3.05, 3.63) is 52.4 Å².